The molecule has 0 aliphatic heterocycles. The quantitative estimate of drug-likeness (QED) is 0.163. The molecule has 0 saturated heterocycles. The van der Waals surface area contributed by atoms with Crippen molar-refractivity contribution in [3.05, 3.63) is 164 Å². The highest BCUT2D eigenvalue weighted by molar-refractivity contribution is 9.11. The smallest absolute Gasteiger partial charge is 0.123 e. The van der Waals surface area contributed by atoms with Crippen LogP contribution < -0.4 is 4.74 Å². The number of aryl methyl sites for hydroxylation is 5. The SMILES string of the molecule is COc1ccc(C)c(Br)c1.Cc1ccc(Br)c(C)c1.Cc1ccc(C)c(Br)c1.Clc1ccc(Br)cc1.Fc1ccc(Br)cc1. The summed E-state index contributed by atoms with van der Waals surface area (Å²) in [5, 5.41) is 0.771. The van der Waals surface area contributed by atoms with Crippen molar-refractivity contribution in [2.75, 3.05) is 7.11 Å². The third-order valence-electron chi connectivity index (χ3n) is 5.63. The molecule has 0 radical (unpaired) electrons. The van der Waals surface area contributed by atoms with Gasteiger partial charge < -0.3 is 4.74 Å². The monoisotopic (exact) mass is 932 g/mol. The molecule has 44 heavy (non-hydrogen) atoms. The van der Waals surface area contributed by atoms with E-state index in [4.69, 9.17) is 16.3 Å². The van der Waals surface area contributed by atoms with Crippen LogP contribution in [0.15, 0.2) is 125 Å². The molecule has 0 saturated carbocycles. The number of halogens is 7. The van der Waals surface area contributed by atoms with E-state index in [1.807, 2.05) is 49.4 Å². The van der Waals surface area contributed by atoms with E-state index in [-0.39, 0.29) is 5.82 Å². The molecule has 0 aromatic heterocycles. The molecule has 0 amide bonds. The van der Waals surface area contributed by atoms with Gasteiger partial charge in [0, 0.05) is 27.4 Å². The van der Waals surface area contributed by atoms with E-state index in [9.17, 15) is 4.39 Å². The second-order valence-corrected chi connectivity index (χ2v) is 14.3. The molecule has 1 nitrogen and oxygen atoms in total. The molecule has 0 aliphatic rings. The minimum absolute atomic E-state index is 0.201. The van der Waals surface area contributed by atoms with E-state index in [0.717, 1.165) is 24.2 Å². The highest BCUT2D eigenvalue weighted by Gasteiger charge is 1.95. The molecule has 0 aliphatic carbocycles. The molecule has 0 unspecified atom stereocenters. The second kappa shape index (κ2) is 22.1. The third-order valence-corrected chi connectivity index (χ3v) is 9.53. The summed E-state index contributed by atoms with van der Waals surface area (Å²) in [5.41, 5.74) is 6.43. The molecular formula is C36H35Br5ClFO. The highest BCUT2D eigenvalue weighted by Crippen LogP contribution is 2.21. The Kier molecular flexibility index (Phi) is 20.4. The predicted molar refractivity (Wildman–Crippen MR) is 206 cm³/mol. The first-order chi connectivity index (χ1) is 20.7. The minimum atomic E-state index is -0.201. The van der Waals surface area contributed by atoms with Crippen LogP contribution in [0.1, 0.15) is 27.8 Å². The number of rotatable bonds is 1. The summed E-state index contributed by atoms with van der Waals surface area (Å²) in [5.74, 6) is 0.686. The van der Waals surface area contributed by atoms with Crippen LogP contribution in [-0.4, -0.2) is 7.11 Å². The van der Waals surface area contributed by atoms with E-state index in [1.165, 1.54) is 48.9 Å². The Bertz CT molecular complexity index is 1420. The third kappa shape index (κ3) is 17.9. The summed E-state index contributed by atoms with van der Waals surface area (Å²) >= 11 is 22.3. The first-order valence-corrected chi connectivity index (χ1v) is 17.6. The van der Waals surface area contributed by atoms with Crippen molar-refractivity contribution in [1.82, 2.24) is 0 Å². The topological polar surface area (TPSA) is 9.23 Å². The molecule has 0 atom stereocenters. The molecule has 5 aromatic carbocycles. The highest BCUT2D eigenvalue weighted by atomic mass is 79.9. The number of benzene rings is 5. The molecule has 0 fully saturated rings. The predicted octanol–water partition coefficient (Wildman–Crippen LogP) is 14.6. The Morgan fingerprint density at radius 3 is 1.34 bits per heavy atom. The van der Waals surface area contributed by atoms with E-state index in [0.29, 0.717) is 0 Å². The van der Waals surface area contributed by atoms with Crippen LogP contribution in [0.5, 0.6) is 5.75 Å². The Morgan fingerprint density at radius 1 is 0.500 bits per heavy atom. The summed E-state index contributed by atoms with van der Waals surface area (Å²) in [6, 6.07) is 32.2. The van der Waals surface area contributed by atoms with Crippen molar-refractivity contribution in [1.29, 1.82) is 0 Å². The van der Waals surface area contributed by atoms with Crippen molar-refractivity contribution < 1.29 is 9.13 Å². The molecule has 5 rings (SSSR count). The van der Waals surface area contributed by atoms with Gasteiger partial charge in [-0.1, -0.05) is 127 Å². The first-order valence-electron chi connectivity index (χ1n) is 13.3. The average Bonchev–Trinajstić information content (AvgIpc) is 2.99. The number of methoxy groups -OCH3 is 1. The summed E-state index contributed by atoms with van der Waals surface area (Å²) in [6.07, 6.45) is 0. The van der Waals surface area contributed by atoms with Crippen molar-refractivity contribution >= 4 is 91.3 Å². The first kappa shape index (κ1) is 40.5. The fourth-order valence-corrected chi connectivity index (χ4v) is 4.80. The van der Waals surface area contributed by atoms with Gasteiger partial charge in [-0.15, -0.1) is 0 Å². The van der Waals surface area contributed by atoms with E-state index in [2.05, 4.69) is 144 Å². The van der Waals surface area contributed by atoms with Gasteiger partial charge in [0.15, 0.2) is 0 Å². The summed E-state index contributed by atoms with van der Waals surface area (Å²) in [6.45, 7) is 10.4. The molecule has 5 aromatic rings. The Morgan fingerprint density at radius 2 is 0.955 bits per heavy atom. The van der Waals surface area contributed by atoms with Gasteiger partial charge in [0.25, 0.3) is 0 Å². The Balaban J connectivity index is 0.000000276. The van der Waals surface area contributed by atoms with Crippen molar-refractivity contribution in [2.45, 2.75) is 34.6 Å². The molecule has 0 heterocycles. The van der Waals surface area contributed by atoms with E-state index < -0.39 is 0 Å². The van der Waals surface area contributed by atoms with Gasteiger partial charge in [-0.2, -0.15) is 0 Å². The zero-order valence-electron chi connectivity index (χ0n) is 25.4. The molecule has 0 spiro atoms. The fourth-order valence-electron chi connectivity index (χ4n) is 3.05. The Hall–Kier alpha value is -1.48. The van der Waals surface area contributed by atoms with Gasteiger partial charge >= 0.3 is 0 Å². The maximum atomic E-state index is 12.1. The second-order valence-electron chi connectivity index (χ2n) is 9.49. The maximum absolute atomic E-state index is 12.1. The summed E-state index contributed by atoms with van der Waals surface area (Å²) < 4.78 is 22.5. The zero-order valence-corrected chi connectivity index (χ0v) is 34.1. The van der Waals surface area contributed by atoms with Gasteiger partial charge in [-0.3, -0.25) is 0 Å². The normalized spacial score (nSPS) is 9.48. The molecular weight excluding hydrogens is 902 g/mol. The van der Waals surface area contributed by atoms with E-state index >= 15 is 0 Å². The van der Waals surface area contributed by atoms with Gasteiger partial charge in [0.05, 0.1) is 7.11 Å². The van der Waals surface area contributed by atoms with Crippen LogP contribution in [0.2, 0.25) is 5.02 Å². The van der Waals surface area contributed by atoms with Gasteiger partial charge in [0.1, 0.15) is 11.6 Å². The number of hydrogen-bond donors (Lipinski definition) is 0. The van der Waals surface area contributed by atoms with Crippen LogP contribution in [0, 0.1) is 40.4 Å². The maximum Gasteiger partial charge on any atom is 0.123 e. The van der Waals surface area contributed by atoms with Gasteiger partial charge in [-0.05, 0) is 130 Å². The van der Waals surface area contributed by atoms with Crippen molar-refractivity contribution in [3.63, 3.8) is 0 Å². The van der Waals surface area contributed by atoms with Crippen LogP contribution in [0.4, 0.5) is 4.39 Å². The standard InChI is InChI=1S/C8H9BrO.2C8H9Br.C6H4BrCl.C6H4BrF/c1-6-3-4-7(10-2)5-8(6)9;1-6-3-4-8(9)7(2)5-6;1-6-3-4-7(2)8(9)5-6;2*7-5-1-3-6(8)4-2-5/h3-5H,1-2H3;2*3-5H,1-2H3;2*1-4H. The van der Waals surface area contributed by atoms with Crippen molar-refractivity contribution in [2.24, 2.45) is 0 Å². The molecule has 0 bridgehead atoms. The fraction of sp³-hybridized carbons (Fsp3) is 0.167. The average molecular weight is 938 g/mol. The minimum Gasteiger partial charge on any atom is -0.497 e. The lowest BCUT2D eigenvalue weighted by Gasteiger charge is -2.01. The van der Waals surface area contributed by atoms with E-state index in [1.54, 1.807) is 19.2 Å². The van der Waals surface area contributed by atoms with Crippen LogP contribution in [0.3, 0.4) is 0 Å². The van der Waals surface area contributed by atoms with Crippen LogP contribution in [-0.2, 0) is 0 Å². The largest absolute Gasteiger partial charge is 0.497 e. The van der Waals surface area contributed by atoms with Crippen molar-refractivity contribution in [3.8, 4) is 5.75 Å². The summed E-state index contributed by atoms with van der Waals surface area (Å²) in [7, 11) is 1.66. The lowest BCUT2D eigenvalue weighted by molar-refractivity contribution is 0.414. The van der Waals surface area contributed by atoms with Crippen LogP contribution >= 0.6 is 91.3 Å². The lowest BCUT2D eigenvalue weighted by Crippen LogP contribution is -1.82. The lowest BCUT2D eigenvalue weighted by atomic mass is 10.2. The zero-order chi connectivity index (χ0) is 33.2. The summed E-state index contributed by atoms with van der Waals surface area (Å²) in [4.78, 5) is 0. The van der Waals surface area contributed by atoms with Gasteiger partial charge in [-0.25, -0.2) is 4.39 Å². The van der Waals surface area contributed by atoms with Gasteiger partial charge in [0.2, 0.25) is 0 Å². The molecule has 0 N–H and O–H groups in total. The number of hydrogen-bond acceptors (Lipinski definition) is 1. The molecule has 8 heteroatoms. The number of ether oxygens (including phenoxy) is 1. The molecule has 234 valence electrons. The Labute approximate surface area is 309 Å². The van der Waals surface area contributed by atoms with Crippen LogP contribution in [0.25, 0.3) is 0 Å².